The Balaban J connectivity index is 1.89. The number of aromatic nitrogens is 2. The van der Waals surface area contributed by atoms with Crippen molar-refractivity contribution in [3.05, 3.63) is 57.9 Å². The summed E-state index contributed by atoms with van der Waals surface area (Å²) in [7, 11) is 0. The van der Waals surface area contributed by atoms with Crippen LogP contribution in [0.15, 0.2) is 35.3 Å². The first-order valence-corrected chi connectivity index (χ1v) is 10.3. The van der Waals surface area contributed by atoms with Crippen molar-refractivity contribution in [3.8, 4) is 0 Å². The maximum absolute atomic E-state index is 13.2. The second kappa shape index (κ2) is 9.34. The topological polar surface area (TPSA) is 61.6 Å². The van der Waals surface area contributed by atoms with E-state index in [-0.39, 0.29) is 18.0 Å². The Kier molecular flexibility index (Phi) is 6.87. The van der Waals surface area contributed by atoms with E-state index < -0.39 is 0 Å². The van der Waals surface area contributed by atoms with Gasteiger partial charge in [-0.25, -0.2) is 13.7 Å². The van der Waals surface area contributed by atoms with E-state index in [1.54, 1.807) is 34.8 Å². The van der Waals surface area contributed by atoms with Gasteiger partial charge in [0.15, 0.2) is 5.82 Å². The molecule has 0 unspecified atom stereocenters. The fraction of sp³-hybridized carbons (Fsp3) is 0.474. The number of hydrogen-bond acceptors (Lipinski definition) is 6. The Bertz CT molecular complexity index is 804. The van der Waals surface area contributed by atoms with Crippen molar-refractivity contribution >= 4 is 17.8 Å². The third-order valence-corrected chi connectivity index (χ3v) is 5.54. The molecule has 1 saturated heterocycles. The molecule has 1 fully saturated rings. The minimum atomic E-state index is -0.295. The Morgan fingerprint density at radius 2 is 1.89 bits per heavy atom. The SMILES string of the molecule is CSN1CCN(c2nc(CCCO)cn(Cc3ccc(F)cc3)c2=O)CC1. The lowest BCUT2D eigenvalue weighted by Crippen LogP contribution is -2.46. The molecule has 1 N–H and O–H groups in total. The van der Waals surface area contributed by atoms with E-state index in [1.807, 2.05) is 4.90 Å². The fourth-order valence-electron chi connectivity index (χ4n) is 3.15. The molecule has 6 nitrogen and oxygen atoms in total. The smallest absolute Gasteiger partial charge is 0.293 e. The molecule has 1 aromatic heterocycles. The van der Waals surface area contributed by atoms with Crippen molar-refractivity contribution in [3.63, 3.8) is 0 Å². The van der Waals surface area contributed by atoms with Crippen molar-refractivity contribution in [2.24, 2.45) is 0 Å². The quantitative estimate of drug-likeness (QED) is 0.725. The third-order valence-electron chi connectivity index (χ3n) is 4.66. The van der Waals surface area contributed by atoms with E-state index >= 15 is 0 Å². The highest BCUT2D eigenvalue weighted by Gasteiger charge is 2.21. The average molecular weight is 393 g/mol. The van der Waals surface area contributed by atoms with Gasteiger partial charge in [0.05, 0.1) is 12.2 Å². The predicted molar refractivity (Wildman–Crippen MR) is 107 cm³/mol. The number of aliphatic hydroxyl groups excluding tert-OH is 1. The van der Waals surface area contributed by atoms with Crippen LogP contribution in [-0.2, 0) is 13.0 Å². The summed E-state index contributed by atoms with van der Waals surface area (Å²) in [5, 5.41) is 9.14. The number of benzene rings is 1. The summed E-state index contributed by atoms with van der Waals surface area (Å²) < 4.78 is 17.1. The van der Waals surface area contributed by atoms with Crippen LogP contribution in [0.5, 0.6) is 0 Å². The highest BCUT2D eigenvalue weighted by molar-refractivity contribution is 7.96. The molecule has 0 aliphatic carbocycles. The van der Waals surface area contributed by atoms with Crippen LogP contribution in [-0.4, -0.2) is 58.0 Å². The molecule has 1 aliphatic rings. The number of halogens is 1. The lowest BCUT2D eigenvalue weighted by atomic mass is 10.2. The van der Waals surface area contributed by atoms with Crippen molar-refractivity contribution < 1.29 is 9.50 Å². The molecular formula is C19H25FN4O2S. The van der Waals surface area contributed by atoms with Gasteiger partial charge in [-0.3, -0.25) is 4.79 Å². The predicted octanol–water partition coefficient (Wildman–Crippen LogP) is 1.76. The van der Waals surface area contributed by atoms with Gasteiger partial charge in [0.25, 0.3) is 5.56 Å². The van der Waals surface area contributed by atoms with Gasteiger partial charge >= 0.3 is 0 Å². The molecule has 1 aromatic carbocycles. The summed E-state index contributed by atoms with van der Waals surface area (Å²) in [6.07, 6.45) is 5.02. The Labute approximate surface area is 162 Å². The van der Waals surface area contributed by atoms with Gasteiger partial charge in [-0.1, -0.05) is 24.1 Å². The van der Waals surface area contributed by atoms with E-state index in [9.17, 15) is 9.18 Å². The first-order chi connectivity index (χ1) is 13.1. The van der Waals surface area contributed by atoms with Crippen LogP contribution in [0.25, 0.3) is 0 Å². The van der Waals surface area contributed by atoms with E-state index in [0.29, 0.717) is 25.2 Å². The zero-order valence-corrected chi connectivity index (χ0v) is 16.3. The van der Waals surface area contributed by atoms with Crippen LogP contribution in [0.2, 0.25) is 0 Å². The minimum absolute atomic E-state index is 0.0838. The van der Waals surface area contributed by atoms with E-state index in [2.05, 4.69) is 15.5 Å². The van der Waals surface area contributed by atoms with Crippen molar-refractivity contribution in [2.45, 2.75) is 19.4 Å². The maximum atomic E-state index is 13.2. The molecule has 0 amide bonds. The standard InChI is InChI=1S/C19H25FN4O2S/c1-27-24-10-8-22(9-11-24)18-19(26)23(14-17(21-18)3-2-12-25)13-15-4-6-16(20)7-5-15/h4-7,14,25H,2-3,8-13H2,1H3. The van der Waals surface area contributed by atoms with Crippen molar-refractivity contribution in [1.29, 1.82) is 0 Å². The highest BCUT2D eigenvalue weighted by atomic mass is 32.2. The molecule has 0 bridgehead atoms. The van der Waals surface area contributed by atoms with Crippen molar-refractivity contribution in [2.75, 3.05) is 43.9 Å². The van der Waals surface area contributed by atoms with Crippen LogP contribution in [0, 0.1) is 5.82 Å². The van der Waals surface area contributed by atoms with Gasteiger partial charge in [0.1, 0.15) is 5.82 Å². The highest BCUT2D eigenvalue weighted by Crippen LogP contribution is 2.15. The van der Waals surface area contributed by atoms with Gasteiger partial charge in [-0.15, -0.1) is 0 Å². The average Bonchev–Trinajstić information content (AvgIpc) is 2.70. The molecule has 0 radical (unpaired) electrons. The number of anilines is 1. The molecule has 0 atom stereocenters. The van der Waals surface area contributed by atoms with Crippen molar-refractivity contribution in [1.82, 2.24) is 13.9 Å². The number of nitrogens with zero attached hydrogens (tertiary/aromatic N) is 4. The number of hydrogen-bond donors (Lipinski definition) is 1. The molecule has 0 spiro atoms. The molecule has 8 heteroatoms. The first kappa shape index (κ1) is 19.9. The molecule has 3 rings (SSSR count). The summed E-state index contributed by atoms with van der Waals surface area (Å²) in [6.45, 7) is 3.71. The largest absolute Gasteiger partial charge is 0.396 e. The summed E-state index contributed by atoms with van der Waals surface area (Å²) in [5.74, 6) is 0.171. The third kappa shape index (κ3) is 5.09. The van der Waals surface area contributed by atoms with Crippen LogP contribution in [0.1, 0.15) is 17.7 Å². The molecule has 27 heavy (non-hydrogen) atoms. The molecule has 146 valence electrons. The zero-order valence-electron chi connectivity index (χ0n) is 15.5. The summed E-state index contributed by atoms with van der Waals surface area (Å²) >= 11 is 1.71. The Morgan fingerprint density at radius 1 is 1.19 bits per heavy atom. The molecule has 0 saturated carbocycles. The van der Waals surface area contributed by atoms with Crippen LogP contribution in [0.3, 0.4) is 0 Å². The first-order valence-electron chi connectivity index (χ1n) is 9.10. The minimum Gasteiger partial charge on any atom is -0.396 e. The molecule has 2 aromatic rings. The number of piperazine rings is 1. The summed E-state index contributed by atoms with van der Waals surface area (Å²) in [4.78, 5) is 19.7. The summed E-state index contributed by atoms with van der Waals surface area (Å²) in [5.41, 5.74) is 1.51. The van der Waals surface area contributed by atoms with Gasteiger partial charge in [0, 0.05) is 39.0 Å². The van der Waals surface area contributed by atoms with Crippen LogP contribution < -0.4 is 10.5 Å². The van der Waals surface area contributed by atoms with Gasteiger partial charge < -0.3 is 14.6 Å². The van der Waals surface area contributed by atoms with Crippen LogP contribution in [0.4, 0.5) is 10.2 Å². The fourth-order valence-corrected chi connectivity index (χ4v) is 3.68. The number of aliphatic hydroxyl groups is 1. The summed E-state index contributed by atoms with van der Waals surface area (Å²) in [6, 6.07) is 6.17. The second-order valence-corrected chi connectivity index (χ2v) is 7.42. The van der Waals surface area contributed by atoms with E-state index in [1.165, 1.54) is 12.1 Å². The van der Waals surface area contributed by atoms with Gasteiger partial charge in [-0.05, 0) is 36.8 Å². The monoisotopic (exact) mass is 392 g/mol. The lowest BCUT2D eigenvalue weighted by molar-refractivity contribution is 0.288. The Morgan fingerprint density at radius 3 is 2.52 bits per heavy atom. The normalized spacial score (nSPS) is 15.3. The van der Waals surface area contributed by atoms with Gasteiger partial charge in [0.2, 0.25) is 0 Å². The van der Waals surface area contributed by atoms with E-state index in [0.717, 1.165) is 37.4 Å². The van der Waals surface area contributed by atoms with Crippen LogP contribution >= 0.6 is 11.9 Å². The Hall–Kier alpha value is -1.90. The lowest BCUT2D eigenvalue weighted by Gasteiger charge is -2.33. The van der Waals surface area contributed by atoms with E-state index in [4.69, 9.17) is 5.11 Å². The number of aryl methyl sites for hydroxylation is 1. The molecular weight excluding hydrogens is 367 g/mol. The molecule has 2 heterocycles. The number of rotatable bonds is 7. The zero-order chi connectivity index (χ0) is 19.2. The maximum Gasteiger partial charge on any atom is 0.293 e. The second-order valence-electron chi connectivity index (χ2n) is 6.54. The van der Waals surface area contributed by atoms with Gasteiger partial charge in [-0.2, -0.15) is 0 Å². The molecule has 1 aliphatic heterocycles.